The number of hydrogen-bond acceptors (Lipinski definition) is 2. The van der Waals surface area contributed by atoms with E-state index >= 15 is 0 Å². The predicted molar refractivity (Wildman–Crippen MR) is 163 cm³/mol. The number of hydrogen-bond donors (Lipinski definition) is 1. The van der Waals surface area contributed by atoms with Gasteiger partial charge in [-0.2, -0.15) is 0 Å². The van der Waals surface area contributed by atoms with E-state index in [0.717, 1.165) is 25.7 Å². The van der Waals surface area contributed by atoms with Gasteiger partial charge in [-0.1, -0.05) is 113 Å². The Kier molecular flexibility index (Phi) is 47.6. The molecular weight excluding hydrogens is 412 g/mol. The van der Waals surface area contributed by atoms with E-state index in [1.807, 2.05) is 68.4 Å². The number of benzene rings is 1. The van der Waals surface area contributed by atoms with Gasteiger partial charge in [0, 0.05) is 6.57 Å². The van der Waals surface area contributed by atoms with Gasteiger partial charge in [-0.3, -0.25) is 0 Å². The van der Waals surface area contributed by atoms with Crippen molar-refractivity contribution in [1.82, 2.24) is 0 Å². The Bertz CT molecular complexity index is 587. The maximum Gasteiger partial charge on any atom is 0.0462 e. The monoisotopic (exact) mass is 477 g/mol. The van der Waals surface area contributed by atoms with Crippen molar-refractivity contribution >= 4 is 0 Å². The zero-order valence-electron chi connectivity index (χ0n) is 26.3. The topological polar surface area (TPSA) is 49.8 Å². The van der Waals surface area contributed by atoms with Gasteiger partial charge in [0.25, 0.3) is 0 Å². The molecule has 0 aliphatic rings. The molecular formula is C32H64N2. The number of nitriles is 1. The fourth-order valence-electron chi connectivity index (χ4n) is 2.55. The smallest absolute Gasteiger partial charge is 0.0462 e. The van der Waals surface area contributed by atoms with Crippen molar-refractivity contribution in [3.05, 3.63) is 58.3 Å². The van der Waals surface area contributed by atoms with E-state index in [4.69, 9.17) is 11.0 Å². The van der Waals surface area contributed by atoms with Gasteiger partial charge in [-0.25, -0.2) is 5.26 Å². The lowest BCUT2D eigenvalue weighted by atomic mass is 9.77. The minimum Gasteiger partial charge on any atom is -0.405 e. The summed E-state index contributed by atoms with van der Waals surface area (Å²) in [5.41, 5.74) is 13.0. The fraction of sp³-hybridized carbons (Fsp3) is 0.656. The Morgan fingerprint density at radius 1 is 0.912 bits per heavy atom. The summed E-state index contributed by atoms with van der Waals surface area (Å²) in [5.74, 6) is 0. The molecule has 2 heteroatoms. The second kappa shape index (κ2) is 35.6. The number of allylic oxidation sites excluding steroid dienone is 3. The van der Waals surface area contributed by atoms with Crippen molar-refractivity contribution in [3.8, 4) is 6.57 Å². The van der Waals surface area contributed by atoms with Crippen LogP contribution in [0.3, 0.4) is 0 Å². The van der Waals surface area contributed by atoms with Gasteiger partial charge in [-0.05, 0) is 87.2 Å². The average molecular weight is 477 g/mol. The first-order valence-electron chi connectivity index (χ1n) is 13.6. The van der Waals surface area contributed by atoms with Gasteiger partial charge in [0.15, 0.2) is 0 Å². The Balaban J connectivity index is -0.000000109. The molecule has 2 nitrogen and oxygen atoms in total. The highest BCUT2D eigenvalue weighted by Gasteiger charge is 2.22. The second-order valence-corrected chi connectivity index (χ2v) is 7.36. The van der Waals surface area contributed by atoms with Crippen molar-refractivity contribution in [2.24, 2.45) is 5.73 Å². The molecule has 2 N–H and O–H groups in total. The summed E-state index contributed by atoms with van der Waals surface area (Å²) in [7, 11) is 0. The molecule has 0 unspecified atom stereocenters. The highest BCUT2D eigenvalue weighted by molar-refractivity contribution is 5.42. The lowest BCUT2D eigenvalue weighted by Gasteiger charge is -2.28. The molecule has 1 aromatic carbocycles. The van der Waals surface area contributed by atoms with Crippen molar-refractivity contribution in [2.45, 2.75) is 142 Å². The van der Waals surface area contributed by atoms with E-state index in [1.54, 1.807) is 6.20 Å². The standard InChI is InChI=1S/C18H29N.C5H10.4C2H6.CHN/c1-6-15-13-16(10-8-9-11-19)17(12-14(15)3)18(4,5)7-2;1-4-5(2)3;5*1-2/h9,11-13H,6-8,10,19H2,1-5H3;4H,1-3H3;4*1-2H3;1H/b11-9-;;;;;;. The van der Waals surface area contributed by atoms with Crippen LogP contribution < -0.4 is 5.73 Å². The SMILES string of the molecule is C#N.CC.CC.CC.CC.CC=C(C)C.CCc1cc(CC/C=C\N)c(C(C)(C)CC)cc1C. The van der Waals surface area contributed by atoms with Crippen LogP contribution in [0.2, 0.25) is 0 Å². The first-order chi connectivity index (χ1) is 16.2. The maximum atomic E-state index is 6.50. The van der Waals surface area contributed by atoms with Crippen LogP contribution in [0.15, 0.2) is 36.1 Å². The van der Waals surface area contributed by atoms with Gasteiger partial charge in [0.1, 0.15) is 0 Å². The zero-order valence-corrected chi connectivity index (χ0v) is 26.3. The predicted octanol–water partition coefficient (Wildman–Crippen LogP) is 10.9. The number of nitrogens with zero attached hydrogens (tertiary/aromatic N) is 1. The Hall–Kier alpha value is -2.01. The van der Waals surface area contributed by atoms with Crippen molar-refractivity contribution < 1.29 is 0 Å². The summed E-state index contributed by atoms with van der Waals surface area (Å²) < 4.78 is 0. The summed E-state index contributed by atoms with van der Waals surface area (Å²) in [5, 5.41) is 6.50. The molecule has 0 fully saturated rings. The van der Waals surface area contributed by atoms with Crippen LogP contribution in [0, 0.1) is 18.8 Å². The maximum absolute atomic E-state index is 6.50. The normalized spacial score (nSPS) is 8.65. The Morgan fingerprint density at radius 2 is 1.32 bits per heavy atom. The number of nitrogens with two attached hydrogens (primary N) is 1. The second-order valence-electron chi connectivity index (χ2n) is 7.36. The minimum atomic E-state index is 0.249. The van der Waals surface area contributed by atoms with Crippen LogP contribution in [0.25, 0.3) is 0 Å². The van der Waals surface area contributed by atoms with Crippen LogP contribution in [0.1, 0.15) is 139 Å². The van der Waals surface area contributed by atoms with Crippen molar-refractivity contribution in [1.29, 1.82) is 5.26 Å². The largest absolute Gasteiger partial charge is 0.405 e. The third-order valence-corrected chi connectivity index (χ3v) is 4.85. The molecule has 0 aliphatic carbocycles. The van der Waals surface area contributed by atoms with Crippen LogP contribution in [-0.2, 0) is 18.3 Å². The van der Waals surface area contributed by atoms with Gasteiger partial charge in [0.2, 0.25) is 0 Å². The molecule has 0 amide bonds. The molecule has 0 aliphatic heterocycles. The molecule has 0 saturated heterocycles. The van der Waals surface area contributed by atoms with Crippen LogP contribution in [0.4, 0.5) is 0 Å². The summed E-state index contributed by atoms with van der Waals surface area (Å²) in [6.45, 7) is 37.1. The van der Waals surface area contributed by atoms with E-state index in [-0.39, 0.29) is 5.41 Å². The van der Waals surface area contributed by atoms with Gasteiger partial charge < -0.3 is 5.73 Å². The van der Waals surface area contributed by atoms with Crippen molar-refractivity contribution in [2.75, 3.05) is 0 Å². The van der Waals surface area contributed by atoms with E-state index in [9.17, 15) is 0 Å². The van der Waals surface area contributed by atoms with Crippen LogP contribution in [0.5, 0.6) is 0 Å². The summed E-state index contributed by atoms with van der Waals surface area (Å²) in [4.78, 5) is 0. The van der Waals surface area contributed by atoms with E-state index in [1.165, 1.54) is 27.8 Å². The highest BCUT2D eigenvalue weighted by Crippen LogP contribution is 2.32. The molecule has 202 valence electrons. The van der Waals surface area contributed by atoms with Crippen LogP contribution in [-0.4, -0.2) is 0 Å². The van der Waals surface area contributed by atoms with E-state index in [2.05, 4.69) is 73.2 Å². The lowest BCUT2D eigenvalue weighted by molar-refractivity contribution is 0.500. The molecule has 0 heterocycles. The Morgan fingerprint density at radius 3 is 1.62 bits per heavy atom. The quantitative estimate of drug-likeness (QED) is 0.415. The number of aryl methyl sites for hydroxylation is 3. The van der Waals surface area contributed by atoms with Gasteiger partial charge in [-0.15, -0.1) is 0 Å². The first-order valence-corrected chi connectivity index (χ1v) is 13.6. The summed E-state index contributed by atoms with van der Waals surface area (Å²) in [6.07, 6.45) is 10.2. The average Bonchev–Trinajstić information content (AvgIpc) is 2.91. The van der Waals surface area contributed by atoms with E-state index < -0.39 is 0 Å². The van der Waals surface area contributed by atoms with Gasteiger partial charge >= 0.3 is 0 Å². The molecule has 0 radical (unpaired) electrons. The minimum absolute atomic E-state index is 0.249. The van der Waals surface area contributed by atoms with Crippen molar-refractivity contribution in [3.63, 3.8) is 0 Å². The molecule has 1 rings (SSSR count). The molecule has 0 saturated carbocycles. The molecule has 34 heavy (non-hydrogen) atoms. The van der Waals surface area contributed by atoms with Gasteiger partial charge in [0.05, 0.1) is 0 Å². The third kappa shape index (κ3) is 24.6. The third-order valence-electron chi connectivity index (χ3n) is 4.85. The van der Waals surface area contributed by atoms with E-state index in [0.29, 0.717) is 0 Å². The molecule has 0 aromatic heterocycles. The summed E-state index contributed by atoms with van der Waals surface area (Å²) in [6, 6.07) is 4.82. The fourth-order valence-corrected chi connectivity index (χ4v) is 2.55. The molecule has 0 atom stereocenters. The number of rotatable bonds is 6. The molecule has 1 aromatic rings. The summed E-state index contributed by atoms with van der Waals surface area (Å²) >= 11 is 0. The highest BCUT2D eigenvalue weighted by atomic mass is 14.5. The molecule has 0 bridgehead atoms. The lowest BCUT2D eigenvalue weighted by Crippen LogP contribution is -2.19. The van der Waals surface area contributed by atoms with Crippen LogP contribution >= 0.6 is 0 Å². The zero-order chi connectivity index (χ0) is 28.8. The Labute approximate surface area is 217 Å². The molecule has 0 spiro atoms. The first kappa shape index (κ1) is 45.5.